The molecule has 3 aromatic rings. The van der Waals surface area contributed by atoms with E-state index in [0.717, 1.165) is 27.8 Å². The van der Waals surface area contributed by atoms with Crippen LogP contribution in [0, 0.1) is 6.92 Å². The number of hydrogen-bond acceptors (Lipinski definition) is 4. The van der Waals surface area contributed by atoms with E-state index in [2.05, 4.69) is 58.4 Å². The SMILES string of the molecule is Cc1ccc(-c2n[nH]c3ccc(N4C=CNN4)cc23)cc1. The highest BCUT2D eigenvalue weighted by Crippen LogP contribution is 2.29. The van der Waals surface area contributed by atoms with Crippen molar-refractivity contribution in [3.63, 3.8) is 0 Å². The zero-order valence-corrected chi connectivity index (χ0v) is 11.6. The highest BCUT2D eigenvalue weighted by molar-refractivity contribution is 5.95. The van der Waals surface area contributed by atoms with Crippen molar-refractivity contribution in [3.05, 3.63) is 60.4 Å². The van der Waals surface area contributed by atoms with Gasteiger partial charge in [0.2, 0.25) is 0 Å². The maximum atomic E-state index is 4.47. The molecular weight excluding hydrogens is 262 g/mol. The van der Waals surface area contributed by atoms with E-state index >= 15 is 0 Å². The predicted octanol–water partition coefficient (Wildman–Crippen LogP) is 2.84. The van der Waals surface area contributed by atoms with E-state index in [4.69, 9.17) is 0 Å². The van der Waals surface area contributed by atoms with E-state index in [1.54, 1.807) is 0 Å². The number of anilines is 1. The fourth-order valence-corrected chi connectivity index (χ4v) is 2.49. The Labute approximate surface area is 122 Å². The smallest absolute Gasteiger partial charge is 0.1000 e. The van der Waals surface area contributed by atoms with E-state index in [-0.39, 0.29) is 0 Å². The molecule has 0 spiro atoms. The lowest BCUT2D eigenvalue weighted by molar-refractivity contribution is 0.680. The van der Waals surface area contributed by atoms with Crippen LogP contribution in [0.3, 0.4) is 0 Å². The Hall–Kier alpha value is -2.79. The van der Waals surface area contributed by atoms with Gasteiger partial charge in [-0.2, -0.15) is 5.10 Å². The van der Waals surface area contributed by atoms with Crippen molar-refractivity contribution in [2.24, 2.45) is 0 Å². The molecule has 2 aromatic carbocycles. The van der Waals surface area contributed by atoms with E-state index < -0.39 is 0 Å². The molecule has 0 atom stereocenters. The number of aryl methyl sites for hydroxylation is 1. The number of hydrogen-bond donors (Lipinski definition) is 3. The average molecular weight is 277 g/mol. The molecule has 5 nitrogen and oxygen atoms in total. The van der Waals surface area contributed by atoms with Crippen LogP contribution >= 0.6 is 0 Å². The Morgan fingerprint density at radius 3 is 2.67 bits per heavy atom. The quantitative estimate of drug-likeness (QED) is 0.674. The zero-order chi connectivity index (χ0) is 14.2. The Kier molecular flexibility index (Phi) is 2.65. The second kappa shape index (κ2) is 4.64. The maximum absolute atomic E-state index is 4.47. The Balaban J connectivity index is 1.83. The highest BCUT2D eigenvalue weighted by atomic mass is 15.7. The molecular formula is C16H15N5. The first kappa shape index (κ1) is 12.0. The van der Waals surface area contributed by atoms with Crippen LogP contribution in [0.2, 0.25) is 0 Å². The van der Waals surface area contributed by atoms with Crippen molar-refractivity contribution in [1.82, 2.24) is 21.2 Å². The summed E-state index contributed by atoms with van der Waals surface area (Å²) in [4.78, 5) is 0. The molecule has 104 valence electrons. The standard InChI is InChI=1S/C16H15N5/c1-11-2-4-12(5-3-11)16-14-10-13(21-9-8-17-20-21)6-7-15(14)18-19-16/h2-10,17,20H,1H3,(H,18,19). The van der Waals surface area contributed by atoms with Gasteiger partial charge in [0, 0.05) is 23.3 Å². The van der Waals surface area contributed by atoms with E-state index in [9.17, 15) is 0 Å². The van der Waals surface area contributed by atoms with Crippen LogP contribution in [-0.4, -0.2) is 10.2 Å². The summed E-state index contributed by atoms with van der Waals surface area (Å²) in [6.07, 6.45) is 3.78. The van der Waals surface area contributed by atoms with Gasteiger partial charge in [0.25, 0.3) is 0 Å². The number of benzene rings is 2. The Morgan fingerprint density at radius 1 is 1.05 bits per heavy atom. The number of nitrogens with one attached hydrogen (secondary N) is 3. The van der Waals surface area contributed by atoms with E-state index in [0.29, 0.717) is 0 Å². The summed E-state index contributed by atoms with van der Waals surface area (Å²) >= 11 is 0. The van der Waals surface area contributed by atoms with Gasteiger partial charge in [0.05, 0.1) is 16.9 Å². The molecule has 0 aliphatic carbocycles. The summed E-state index contributed by atoms with van der Waals surface area (Å²) in [6.45, 7) is 2.09. The van der Waals surface area contributed by atoms with Crippen molar-refractivity contribution in [3.8, 4) is 11.3 Å². The maximum Gasteiger partial charge on any atom is 0.1000 e. The minimum atomic E-state index is 0.975. The first-order chi connectivity index (χ1) is 10.3. The van der Waals surface area contributed by atoms with Crippen molar-refractivity contribution in [2.45, 2.75) is 6.92 Å². The van der Waals surface area contributed by atoms with Crippen molar-refractivity contribution >= 4 is 16.6 Å². The molecule has 0 saturated heterocycles. The third kappa shape index (κ3) is 2.04. The van der Waals surface area contributed by atoms with Crippen LogP contribution in [0.15, 0.2) is 54.9 Å². The highest BCUT2D eigenvalue weighted by Gasteiger charge is 2.12. The lowest BCUT2D eigenvalue weighted by atomic mass is 10.1. The molecule has 5 heteroatoms. The summed E-state index contributed by atoms with van der Waals surface area (Å²) in [5.74, 6) is 0. The van der Waals surface area contributed by atoms with Crippen molar-refractivity contribution in [1.29, 1.82) is 0 Å². The van der Waals surface area contributed by atoms with Crippen LogP contribution in [0.4, 0.5) is 5.69 Å². The molecule has 1 aliphatic rings. The van der Waals surface area contributed by atoms with Crippen molar-refractivity contribution in [2.75, 3.05) is 5.01 Å². The van der Waals surface area contributed by atoms with Crippen LogP contribution in [0.25, 0.3) is 22.2 Å². The van der Waals surface area contributed by atoms with Crippen LogP contribution in [-0.2, 0) is 0 Å². The topological polar surface area (TPSA) is 56.0 Å². The van der Waals surface area contributed by atoms with E-state index in [1.807, 2.05) is 29.5 Å². The minimum absolute atomic E-state index is 0.975. The summed E-state index contributed by atoms with van der Waals surface area (Å²) in [6, 6.07) is 14.6. The number of aromatic amines is 1. The van der Waals surface area contributed by atoms with Gasteiger partial charge in [-0.05, 0) is 25.1 Å². The normalized spacial score (nSPS) is 13.9. The molecule has 0 amide bonds. The van der Waals surface area contributed by atoms with Crippen molar-refractivity contribution < 1.29 is 0 Å². The Morgan fingerprint density at radius 2 is 1.90 bits per heavy atom. The van der Waals surface area contributed by atoms with Gasteiger partial charge in [-0.1, -0.05) is 29.8 Å². The minimum Gasteiger partial charge on any atom is -0.309 e. The van der Waals surface area contributed by atoms with Gasteiger partial charge >= 0.3 is 0 Å². The lowest BCUT2D eigenvalue weighted by Crippen LogP contribution is -2.35. The molecule has 0 radical (unpaired) electrons. The number of rotatable bonds is 2. The van der Waals surface area contributed by atoms with E-state index in [1.165, 1.54) is 5.56 Å². The summed E-state index contributed by atoms with van der Waals surface area (Å²) < 4.78 is 0. The van der Waals surface area contributed by atoms with Crippen LogP contribution in [0.1, 0.15) is 5.56 Å². The second-order valence-electron chi connectivity index (χ2n) is 5.11. The average Bonchev–Trinajstić information content (AvgIpc) is 3.17. The molecule has 1 aliphatic heterocycles. The first-order valence-electron chi connectivity index (χ1n) is 6.83. The molecule has 0 bridgehead atoms. The monoisotopic (exact) mass is 277 g/mol. The number of nitrogens with zero attached hydrogens (tertiary/aromatic N) is 2. The molecule has 3 N–H and O–H groups in total. The number of aromatic nitrogens is 2. The molecule has 0 fully saturated rings. The predicted molar refractivity (Wildman–Crippen MR) is 84.2 cm³/mol. The number of H-pyrrole nitrogens is 1. The van der Waals surface area contributed by atoms with Gasteiger partial charge in [-0.15, -0.1) is 5.53 Å². The fraction of sp³-hybridized carbons (Fsp3) is 0.0625. The van der Waals surface area contributed by atoms with Crippen LogP contribution < -0.4 is 16.0 Å². The van der Waals surface area contributed by atoms with Gasteiger partial charge in [0.1, 0.15) is 0 Å². The molecule has 4 rings (SSSR count). The van der Waals surface area contributed by atoms with Gasteiger partial charge in [-0.3, -0.25) is 10.1 Å². The molecule has 1 aromatic heterocycles. The second-order valence-corrected chi connectivity index (χ2v) is 5.11. The fourth-order valence-electron chi connectivity index (χ4n) is 2.49. The third-order valence-electron chi connectivity index (χ3n) is 3.64. The molecule has 0 saturated carbocycles. The van der Waals surface area contributed by atoms with Crippen LogP contribution in [0.5, 0.6) is 0 Å². The lowest BCUT2D eigenvalue weighted by Gasteiger charge is -2.15. The van der Waals surface area contributed by atoms with Gasteiger partial charge < -0.3 is 5.43 Å². The number of fused-ring (bicyclic) bond motifs is 1. The van der Waals surface area contributed by atoms with Gasteiger partial charge in [-0.25, -0.2) is 0 Å². The summed E-state index contributed by atoms with van der Waals surface area (Å²) in [5.41, 5.74) is 11.4. The molecule has 2 heterocycles. The number of hydrazine groups is 2. The largest absolute Gasteiger partial charge is 0.309 e. The summed E-state index contributed by atoms with van der Waals surface area (Å²) in [5, 5.41) is 10.6. The molecule has 0 unspecified atom stereocenters. The van der Waals surface area contributed by atoms with Gasteiger partial charge in [0.15, 0.2) is 0 Å². The first-order valence-corrected chi connectivity index (χ1v) is 6.83. The Bertz CT molecular complexity index is 816. The summed E-state index contributed by atoms with van der Waals surface area (Å²) in [7, 11) is 0. The third-order valence-corrected chi connectivity index (χ3v) is 3.64. The zero-order valence-electron chi connectivity index (χ0n) is 11.6. The molecule has 21 heavy (non-hydrogen) atoms.